The predicted octanol–water partition coefficient (Wildman–Crippen LogP) is 3.53. The number of ether oxygens (including phenoxy) is 2. The normalized spacial score (nSPS) is 24.8. The van der Waals surface area contributed by atoms with E-state index in [4.69, 9.17) is 15.2 Å². The third-order valence-electron chi connectivity index (χ3n) is 4.33. The van der Waals surface area contributed by atoms with E-state index in [1.165, 1.54) is 25.7 Å². The second kappa shape index (κ2) is 6.29. The number of hydrogen-bond acceptors (Lipinski definition) is 3. The van der Waals surface area contributed by atoms with Crippen LogP contribution in [-0.4, -0.2) is 14.2 Å². The molecule has 1 unspecified atom stereocenters. The van der Waals surface area contributed by atoms with Crippen molar-refractivity contribution in [3.8, 4) is 11.5 Å². The van der Waals surface area contributed by atoms with Gasteiger partial charge in [0.05, 0.1) is 14.2 Å². The summed E-state index contributed by atoms with van der Waals surface area (Å²) in [6.45, 7) is 2.33. The van der Waals surface area contributed by atoms with Crippen molar-refractivity contribution in [2.45, 2.75) is 38.6 Å². The van der Waals surface area contributed by atoms with E-state index in [0.717, 1.165) is 23.0 Å². The van der Waals surface area contributed by atoms with Gasteiger partial charge in [0, 0.05) is 12.1 Å². The van der Waals surface area contributed by atoms with Gasteiger partial charge in [-0.3, -0.25) is 0 Å². The first-order chi connectivity index (χ1) is 9.13. The first kappa shape index (κ1) is 14.2. The van der Waals surface area contributed by atoms with Crippen LogP contribution < -0.4 is 15.2 Å². The Kier molecular flexibility index (Phi) is 4.70. The highest BCUT2D eigenvalue weighted by atomic mass is 16.5. The predicted molar refractivity (Wildman–Crippen MR) is 77.6 cm³/mol. The van der Waals surface area contributed by atoms with Crippen molar-refractivity contribution in [3.63, 3.8) is 0 Å². The molecule has 2 rings (SSSR count). The molecule has 0 saturated heterocycles. The van der Waals surface area contributed by atoms with Crippen LogP contribution in [0.2, 0.25) is 0 Å². The summed E-state index contributed by atoms with van der Waals surface area (Å²) < 4.78 is 10.6. The van der Waals surface area contributed by atoms with E-state index in [0.29, 0.717) is 5.92 Å². The molecule has 106 valence electrons. The van der Waals surface area contributed by atoms with Crippen LogP contribution in [0.25, 0.3) is 0 Å². The van der Waals surface area contributed by atoms with E-state index >= 15 is 0 Å². The monoisotopic (exact) mass is 263 g/mol. The molecule has 1 aliphatic carbocycles. The number of rotatable bonds is 4. The molecule has 19 heavy (non-hydrogen) atoms. The first-order valence-electron chi connectivity index (χ1n) is 7.12. The minimum atomic E-state index is 0.0801. The van der Waals surface area contributed by atoms with Crippen molar-refractivity contribution in [2.24, 2.45) is 17.6 Å². The van der Waals surface area contributed by atoms with E-state index in [-0.39, 0.29) is 6.04 Å². The fourth-order valence-electron chi connectivity index (χ4n) is 2.94. The van der Waals surface area contributed by atoms with Crippen LogP contribution in [0.3, 0.4) is 0 Å². The van der Waals surface area contributed by atoms with E-state index in [2.05, 4.69) is 6.92 Å². The summed E-state index contributed by atoms with van der Waals surface area (Å²) in [5.74, 6) is 3.05. The molecule has 0 bridgehead atoms. The van der Waals surface area contributed by atoms with Gasteiger partial charge in [-0.1, -0.05) is 19.8 Å². The zero-order valence-electron chi connectivity index (χ0n) is 12.2. The average molecular weight is 263 g/mol. The van der Waals surface area contributed by atoms with Crippen LogP contribution in [0.15, 0.2) is 18.2 Å². The summed E-state index contributed by atoms with van der Waals surface area (Å²) in [6.07, 6.45) is 5.03. The van der Waals surface area contributed by atoms with Gasteiger partial charge in [0.2, 0.25) is 0 Å². The molecule has 1 aromatic carbocycles. The second-order valence-corrected chi connectivity index (χ2v) is 5.69. The molecule has 0 aliphatic heterocycles. The van der Waals surface area contributed by atoms with Crippen molar-refractivity contribution < 1.29 is 9.47 Å². The summed E-state index contributed by atoms with van der Waals surface area (Å²) >= 11 is 0. The third-order valence-corrected chi connectivity index (χ3v) is 4.33. The standard InChI is InChI=1S/C16H25NO2/c1-11-4-6-12(7-5-11)16(17)13-8-14(18-2)10-15(9-13)19-3/h8-12,16H,4-7,17H2,1-3H3. The maximum atomic E-state index is 6.45. The highest BCUT2D eigenvalue weighted by Gasteiger charge is 2.25. The SMILES string of the molecule is COc1cc(OC)cc(C(N)C2CCC(C)CC2)c1. The van der Waals surface area contributed by atoms with Crippen LogP contribution in [0, 0.1) is 11.8 Å². The molecular formula is C16H25NO2. The van der Waals surface area contributed by atoms with Gasteiger partial charge in [-0.25, -0.2) is 0 Å². The Morgan fingerprint density at radius 3 is 2.00 bits per heavy atom. The van der Waals surface area contributed by atoms with Gasteiger partial charge in [0.1, 0.15) is 11.5 Å². The number of benzene rings is 1. The number of hydrogen-bond donors (Lipinski definition) is 1. The lowest BCUT2D eigenvalue weighted by molar-refractivity contribution is 0.255. The van der Waals surface area contributed by atoms with Gasteiger partial charge in [-0.05, 0) is 42.4 Å². The Morgan fingerprint density at radius 1 is 1.00 bits per heavy atom. The summed E-state index contributed by atoms with van der Waals surface area (Å²) in [7, 11) is 3.35. The van der Waals surface area contributed by atoms with Crippen LogP contribution >= 0.6 is 0 Å². The molecule has 1 atom stereocenters. The van der Waals surface area contributed by atoms with Gasteiger partial charge in [-0.2, -0.15) is 0 Å². The lowest BCUT2D eigenvalue weighted by Gasteiger charge is -2.31. The van der Waals surface area contributed by atoms with E-state index < -0.39 is 0 Å². The molecule has 3 heteroatoms. The summed E-state index contributed by atoms with van der Waals surface area (Å²) in [5, 5.41) is 0. The summed E-state index contributed by atoms with van der Waals surface area (Å²) in [4.78, 5) is 0. The van der Waals surface area contributed by atoms with Gasteiger partial charge in [0.25, 0.3) is 0 Å². The van der Waals surface area contributed by atoms with Gasteiger partial charge in [-0.15, -0.1) is 0 Å². The molecular weight excluding hydrogens is 238 g/mol. The Labute approximate surface area is 116 Å². The van der Waals surface area contributed by atoms with Crippen LogP contribution in [0.5, 0.6) is 11.5 Å². The Bertz CT molecular complexity index is 389. The second-order valence-electron chi connectivity index (χ2n) is 5.69. The summed E-state index contributed by atoms with van der Waals surface area (Å²) in [5.41, 5.74) is 7.57. The van der Waals surface area contributed by atoms with Crippen LogP contribution in [-0.2, 0) is 0 Å². The molecule has 1 fully saturated rings. The fraction of sp³-hybridized carbons (Fsp3) is 0.625. The largest absolute Gasteiger partial charge is 0.497 e. The molecule has 2 N–H and O–H groups in total. The minimum Gasteiger partial charge on any atom is -0.497 e. The van der Waals surface area contributed by atoms with Crippen molar-refractivity contribution in [1.82, 2.24) is 0 Å². The highest BCUT2D eigenvalue weighted by Crippen LogP contribution is 2.37. The Balaban J connectivity index is 2.15. The number of nitrogens with two attached hydrogens (primary N) is 1. The summed E-state index contributed by atoms with van der Waals surface area (Å²) in [6, 6.07) is 6.03. The molecule has 0 heterocycles. The van der Waals surface area contributed by atoms with Gasteiger partial charge < -0.3 is 15.2 Å². The lowest BCUT2D eigenvalue weighted by Crippen LogP contribution is -2.25. The molecule has 0 amide bonds. The maximum Gasteiger partial charge on any atom is 0.122 e. The molecule has 0 spiro atoms. The first-order valence-corrected chi connectivity index (χ1v) is 7.12. The van der Waals surface area contributed by atoms with Crippen molar-refractivity contribution in [1.29, 1.82) is 0 Å². The average Bonchev–Trinajstić information content (AvgIpc) is 2.46. The van der Waals surface area contributed by atoms with E-state index in [1.807, 2.05) is 18.2 Å². The van der Waals surface area contributed by atoms with Crippen LogP contribution in [0.4, 0.5) is 0 Å². The molecule has 1 aliphatic rings. The lowest BCUT2D eigenvalue weighted by atomic mass is 9.77. The van der Waals surface area contributed by atoms with E-state index in [1.54, 1.807) is 14.2 Å². The van der Waals surface area contributed by atoms with Gasteiger partial charge in [0.15, 0.2) is 0 Å². The smallest absolute Gasteiger partial charge is 0.122 e. The maximum absolute atomic E-state index is 6.45. The van der Waals surface area contributed by atoms with Crippen molar-refractivity contribution >= 4 is 0 Å². The highest BCUT2D eigenvalue weighted by molar-refractivity contribution is 5.40. The Hall–Kier alpha value is -1.22. The van der Waals surface area contributed by atoms with Crippen LogP contribution in [0.1, 0.15) is 44.2 Å². The fourth-order valence-corrected chi connectivity index (χ4v) is 2.94. The number of methoxy groups -OCH3 is 2. The molecule has 1 saturated carbocycles. The van der Waals surface area contributed by atoms with Gasteiger partial charge >= 0.3 is 0 Å². The molecule has 3 nitrogen and oxygen atoms in total. The topological polar surface area (TPSA) is 44.5 Å². The Morgan fingerprint density at radius 2 is 1.53 bits per heavy atom. The molecule has 0 aromatic heterocycles. The molecule has 0 radical (unpaired) electrons. The zero-order chi connectivity index (χ0) is 13.8. The van der Waals surface area contributed by atoms with Crippen molar-refractivity contribution in [2.75, 3.05) is 14.2 Å². The van der Waals surface area contributed by atoms with E-state index in [9.17, 15) is 0 Å². The third kappa shape index (κ3) is 3.41. The minimum absolute atomic E-state index is 0.0801. The van der Waals surface area contributed by atoms with Crippen molar-refractivity contribution in [3.05, 3.63) is 23.8 Å². The quantitative estimate of drug-likeness (QED) is 0.903. The molecule has 1 aromatic rings. The zero-order valence-corrected chi connectivity index (χ0v) is 12.2.